The van der Waals surface area contributed by atoms with Gasteiger partial charge in [-0.3, -0.25) is 9.59 Å². The Kier molecular flexibility index (Phi) is 4.84. The molecule has 1 saturated carbocycles. The van der Waals surface area contributed by atoms with Gasteiger partial charge in [0.2, 0.25) is 11.8 Å². The lowest BCUT2D eigenvalue weighted by Gasteiger charge is -2.58. The van der Waals surface area contributed by atoms with Crippen LogP contribution >= 0.6 is 0 Å². The van der Waals surface area contributed by atoms with Crippen LogP contribution < -0.4 is 5.32 Å². The van der Waals surface area contributed by atoms with Crippen LogP contribution in [-0.2, 0) is 9.59 Å². The molecule has 4 nitrogen and oxygen atoms in total. The van der Waals surface area contributed by atoms with Crippen LogP contribution in [-0.4, -0.2) is 29.8 Å². The van der Waals surface area contributed by atoms with Gasteiger partial charge in [-0.2, -0.15) is 0 Å². The lowest BCUT2D eigenvalue weighted by molar-refractivity contribution is -0.178. The molecule has 4 heteroatoms. The van der Waals surface area contributed by atoms with Crippen molar-refractivity contribution in [1.29, 1.82) is 0 Å². The van der Waals surface area contributed by atoms with Crippen molar-refractivity contribution < 1.29 is 9.59 Å². The molecule has 1 saturated heterocycles. The second kappa shape index (κ2) is 7.26. The summed E-state index contributed by atoms with van der Waals surface area (Å²) in [5.41, 5.74) is 1.04. The molecule has 1 unspecified atom stereocenters. The third kappa shape index (κ3) is 2.95. The van der Waals surface area contributed by atoms with Crippen LogP contribution in [0.3, 0.4) is 0 Å². The maximum Gasteiger partial charge on any atom is 0.231 e. The molecule has 1 aliphatic heterocycles. The van der Waals surface area contributed by atoms with Gasteiger partial charge in [-0.05, 0) is 31.2 Å². The van der Waals surface area contributed by atoms with Gasteiger partial charge in [0.1, 0.15) is 0 Å². The van der Waals surface area contributed by atoms with Crippen LogP contribution in [0.25, 0.3) is 0 Å². The number of β-lactam (4-membered cyclic amide) rings is 1. The van der Waals surface area contributed by atoms with Crippen LogP contribution in [0.15, 0.2) is 42.5 Å². The topological polar surface area (TPSA) is 49.4 Å². The number of benzene rings is 1. The smallest absolute Gasteiger partial charge is 0.231 e. The number of nitrogens with zero attached hydrogens (tertiary/aromatic N) is 1. The van der Waals surface area contributed by atoms with Crippen molar-refractivity contribution in [2.24, 2.45) is 11.3 Å². The third-order valence-electron chi connectivity index (χ3n) is 6.41. The standard InChI is InChI=1S/C22H28N2O2/c25-20(18-11-5-6-12-18)23-15-16-24-19(17-9-3-1-4-10-17)22(21(24)26)13-7-2-8-14-22/h1,3-6,9-10,18-19H,2,7-8,11-16H2,(H,23,25). The van der Waals surface area contributed by atoms with Crippen molar-refractivity contribution in [1.82, 2.24) is 10.2 Å². The molecule has 0 radical (unpaired) electrons. The Labute approximate surface area is 155 Å². The van der Waals surface area contributed by atoms with E-state index in [9.17, 15) is 9.59 Å². The number of carbonyl (C=O) groups excluding carboxylic acids is 2. The Balaban J connectivity index is 1.43. The minimum Gasteiger partial charge on any atom is -0.354 e. The van der Waals surface area contributed by atoms with Gasteiger partial charge in [0.25, 0.3) is 0 Å². The Hall–Kier alpha value is -2.10. The predicted octanol–water partition coefficient (Wildman–Crippen LogP) is 3.60. The molecule has 138 valence electrons. The zero-order valence-electron chi connectivity index (χ0n) is 15.3. The molecule has 2 fully saturated rings. The maximum absolute atomic E-state index is 13.1. The zero-order valence-corrected chi connectivity index (χ0v) is 15.3. The molecule has 4 rings (SSSR count). The quantitative estimate of drug-likeness (QED) is 0.650. The van der Waals surface area contributed by atoms with Crippen molar-refractivity contribution in [3.05, 3.63) is 48.0 Å². The number of nitrogens with one attached hydrogen (secondary N) is 1. The van der Waals surface area contributed by atoms with E-state index >= 15 is 0 Å². The van der Waals surface area contributed by atoms with Crippen LogP contribution in [0.2, 0.25) is 0 Å². The SMILES string of the molecule is O=C(NCCN1C(=O)C2(CCCCC2)C1c1ccccc1)C1CC=CC1. The Bertz CT molecular complexity index is 683. The van der Waals surface area contributed by atoms with Crippen molar-refractivity contribution in [3.8, 4) is 0 Å². The van der Waals surface area contributed by atoms with E-state index in [4.69, 9.17) is 0 Å². The third-order valence-corrected chi connectivity index (χ3v) is 6.41. The maximum atomic E-state index is 13.1. The van der Waals surface area contributed by atoms with E-state index in [0.29, 0.717) is 19.0 Å². The van der Waals surface area contributed by atoms with Gasteiger partial charge in [0, 0.05) is 19.0 Å². The van der Waals surface area contributed by atoms with Gasteiger partial charge in [0.05, 0.1) is 11.5 Å². The Morgan fingerprint density at radius 1 is 1.08 bits per heavy atom. The summed E-state index contributed by atoms with van der Waals surface area (Å²) in [5, 5.41) is 3.03. The minimum absolute atomic E-state index is 0.0803. The summed E-state index contributed by atoms with van der Waals surface area (Å²) in [5.74, 6) is 0.492. The molecule has 0 bridgehead atoms. The van der Waals surface area contributed by atoms with E-state index < -0.39 is 0 Å². The number of amides is 2. The molecule has 2 amide bonds. The lowest BCUT2D eigenvalue weighted by Crippen LogP contribution is -2.65. The number of hydrogen-bond acceptors (Lipinski definition) is 2. The monoisotopic (exact) mass is 352 g/mol. The summed E-state index contributed by atoms with van der Waals surface area (Å²) in [4.78, 5) is 27.3. The first kappa shape index (κ1) is 17.3. The predicted molar refractivity (Wildman–Crippen MR) is 101 cm³/mol. The number of carbonyl (C=O) groups is 2. The average molecular weight is 352 g/mol. The van der Waals surface area contributed by atoms with Crippen molar-refractivity contribution in [3.63, 3.8) is 0 Å². The molecular weight excluding hydrogens is 324 g/mol. The van der Waals surface area contributed by atoms with Crippen LogP contribution in [0, 0.1) is 11.3 Å². The molecule has 1 aromatic carbocycles. The molecule has 2 aliphatic carbocycles. The molecule has 1 aromatic rings. The minimum atomic E-state index is -0.195. The first-order valence-corrected chi connectivity index (χ1v) is 10.0. The van der Waals surface area contributed by atoms with E-state index in [1.165, 1.54) is 12.0 Å². The first-order chi connectivity index (χ1) is 12.7. The molecule has 1 N–H and O–H groups in total. The molecule has 3 aliphatic rings. The number of rotatable bonds is 5. The zero-order chi connectivity index (χ0) is 18.0. The lowest BCUT2D eigenvalue weighted by atomic mass is 9.60. The highest BCUT2D eigenvalue weighted by atomic mass is 16.2. The summed E-state index contributed by atoms with van der Waals surface area (Å²) < 4.78 is 0. The normalized spacial score (nSPS) is 24.7. The van der Waals surface area contributed by atoms with Gasteiger partial charge >= 0.3 is 0 Å². The van der Waals surface area contributed by atoms with E-state index in [-0.39, 0.29) is 23.3 Å². The number of likely N-dealkylation sites (tertiary alicyclic amines) is 1. The number of hydrogen-bond donors (Lipinski definition) is 1. The molecule has 26 heavy (non-hydrogen) atoms. The van der Waals surface area contributed by atoms with Crippen LogP contribution in [0.1, 0.15) is 56.6 Å². The largest absolute Gasteiger partial charge is 0.354 e. The summed E-state index contributed by atoms with van der Waals surface area (Å²) in [6, 6.07) is 10.6. The highest BCUT2D eigenvalue weighted by Gasteiger charge is 2.60. The average Bonchev–Trinajstić information content (AvgIpc) is 3.23. The highest BCUT2D eigenvalue weighted by Crippen LogP contribution is 2.57. The fourth-order valence-corrected chi connectivity index (χ4v) is 5.06. The van der Waals surface area contributed by atoms with Gasteiger partial charge in [0.15, 0.2) is 0 Å². The second-order valence-electron chi connectivity index (χ2n) is 7.96. The summed E-state index contributed by atoms with van der Waals surface area (Å²) in [7, 11) is 0. The van der Waals surface area contributed by atoms with Crippen LogP contribution in [0.5, 0.6) is 0 Å². The molecular formula is C22H28N2O2. The van der Waals surface area contributed by atoms with Gasteiger partial charge in [-0.15, -0.1) is 0 Å². The van der Waals surface area contributed by atoms with E-state index in [0.717, 1.165) is 38.5 Å². The second-order valence-corrected chi connectivity index (χ2v) is 7.96. The van der Waals surface area contributed by atoms with Gasteiger partial charge < -0.3 is 10.2 Å². The summed E-state index contributed by atoms with van der Waals surface area (Å²) in [6.45, 7) is 1.15. The van der Waals surface area contributed by atoms with E-state index in [1.54, 1.807) is 0 Å². The van der Waals surface area contributed by atoms with Gasteiger partial charge in [-0.25, -0.2) is 0 Å². The molecule has 1 heterocycles. The number of allylic oxidation sites excluding steroid dienone is 2. The highest BCUT2D eigenvalue weighted by molar-refractivity contribution is 5.91. The molecule has 1 atom stereocenters. The fraction of sp³-hybridized carbons (Fsp3) is 0.545. The van der Waals surface area contributed by atoms with E-state index in [1.807, 2.05) is 11.0 Å². The fourth-order valence-electron chi connectivity index (χ4n) is 5.06. The summed E-state index contributed by atoms with van der Waals surface area (Å²) in [6.07, 6.45) is 11.4. The Morgan fingerprint density at radius 3 is 2.46 bits per heavy atom. The van der Waals surface area contributed by atoms with Crippen molar-refractivity contribution in [2.75, 3.05) is 13.1 Å². The van der Waals surface area contributed by atoms with Gasteiger partial charge in [-0.1, -0.05) is 61.7 Å². The Morgan fingerprint density at radius 2 is 1.77 bits per heavy atom. The summed E-state index contributed by atoms with van der Waals surface area (Å²) >= 11 is 0. The van der Waals surface area contributed by atoms with E-state index in [2.05, 4.69) is 41.7 Å². The first-order valence-electron chi connectivity index (χ1n) is 10.0. The van der Waals surface area contributed by atoms with Crippen molar-refractivity contribution >= 4 is 11.8 Å². The van der Waals surface area contributed by atoms with Crippen LogP contribution in [0.4, 0.5) is 0 Å². The van der Waals surface area contributed by atoms with Crippen molar-refractivity contribution in [2.45, 2.75) is 51.0 Å². The molecule has 1 spiro atoms. The molecule has 0 aromatic heterocycles.